The number of sulfonamides is 1. The average Bonchev–Trinajstić information content (AvgIpc) is 2.68. The molecule has 1 heterocycles. The molecular weight excluding hydrogens is 360 g/mol. The van der Waals surface area contributed by atoms with E-state index >= 15 is 0 Å². The van der Waals surface area contributed by atoms with Gasteiger partial charge in [0.1, 0.15) is 0 Å². The van der Waals surface area contributed by atoms with Crippen LogP contribution in [-0.2, 0) is 23.1 Å². The van der Waals surface area contributed by atoms with E-state index < -0.39 is 10.0 Å². The number of primary sulfonamides is 1. The van der Waals surface area contributed by atoms with Crippen LogP contribution < -0.4 is 10.5 Å². The molecule has 0 bridgehead atoms. The second-order valence-corrected chi connectivity index (χ2v) is 8.17. The lowest BCUT2D eigenvalue weighted by molar-refractivity contribution is 0.597. The molecule has 2 aromatic rings. The van der Waals surface area contributed by atoms with Crippen molar-refractivity contribution in [2.45, 2.75) is 24.9 Å². The molecule has 4 nitrogen and oxygen atoms in total. The van der Waals surface area contributed by atoms with Crippen LogP contribution in [0.1, 0.15) is 15.3 Å². The van der Waals surface area contributed by atoms with Crippen molar-refractivity contribution in [3.8, 4) is 0 Å². The molecule has 0 fully saturated rings. The van der Waals surface area contributed by atoms with Crippen molar-refractivity contribution >= 4 is 37.3 Å². The van der Waals surface area contributed by atoms with E-state index in [2.05, 4.69) is 34.2 Å². The summed E-state index contributed by atoms with van der Waals surface area (Å²) in [5, 5.41) is 8.38. The van der Waals surface area contributed by atoms with Gasteiger partial charge in [-0.25, -0.2) is 13.6 Å². The van der Waals surface area contributed by atoms with E-state index in [4.69, 9.17) is 5.14 Å². The van der Waals surface area contributed by atoms with Crippen molar-refractivity contribution in [3.05, 3.63) is 50.1 Å². The lowest BCUT2D eigenvalue weighted by atomic mass is 10.2. The molecule has 0 saturated carbocycles. The Balaban J connectivity index is 1.91. The van der Waals surface area contributed by atoms with Crippen LogP contribution in [0.4, 0.5) is 0 Å². The van der Waals surface area contributed by atoms with Gasteiger partial charge in [-0.2, -0.15) is 0 Å². The second-order valence-electron chi connectivity index (χ2n) is 4.41. The quantitative estimate of drug-likeness (QED) is 0.844. The van der Waals surface area contributed by atoms with E-state index in [0.29, 0.717) is 6.54 Å². The third kappa shape index (κ3) is 4.13. The van der Waals surface area contributed by atoms with Crippen LogP contribution in [0.25, 0.3) is 0 Å². The number of rotatable bonds is 5. The highest BCUT2D eigenvalue weighted by Gasteiger charge is 2.06. The molecule has 7 heteroatoms. The van der Waals surface area contributed by atoms with E-state index in [1.165, 1.54) is 21.9 Å². The molecule has 0 aliphatic heterocycles. The van der Waals surface area contributed by atoms with Gasteiger partial charge in [0.2, 0.25) is 10.0 Å². The molecule has 0 aliphatic carbocycles. The number of halogens is 1. The molecule has 0 spiro atoms. The van der Waals surface area contributed by atoms with Gasteiger partial charge in [0, 0.05) is 27.3 Å². The highest BCUT2D eigenvalue weighted by atomic mass is 79.9. The van der Waals surface area contributed by atoms with Crippen LogP contribution in [0, 0.1) is 6.92 Å². The molecular formula is C13H15BrN2O2S2. The van der Waals surface area contributed by atoms with Gasteiger partial charge in [0.05, 0.1) is 4.90 Å². The summed E-state index contributed by atoms with van der Waals surface area (Å²) in [6.45, 7) is 3.54. The normalized spacial score (nSPS) is 11.8. The molecule has 20 heavy (non-hydrogen) atoms. The number of aryl methyl sites for hydroxylation is 1. The van der Waals surface area contributed by atoms with Gasteiger partial charge in [-0.05, 0) is 46.6 Å². The van der Waals surface area contributed by atoms with Crippen molar-refractivity contribution in [3.63, 3.8) is 0 Å². The Labute approximate surface area is 131 Å². The summed E-state index contributed by atoms with van der Waals surface area (Å²) < 4.78 is 23.4. The summed E-state index contributed by atoms with van der Waals surface area (Å²) in [7, 11) is -3.61. The maximum Gasteiger partial charge on any atom is 0.238 e. The number of thiophene rings is 1. The summed E-state index contributed by atoms with van der Waals surface area (Å²) in [6.07, 6.45) is 0. The zero-order valence-electron chi connectivity index (χ0n) is 10.9. The topological polar surface area (TPSA) is 72.2 Å². The number of benzene rings is 1. The molecule has 1 aromatic carbocycles. The third-order valence-electron chi connectivity index (χ3n) is 2.79. The van der Waals surface area contributed by atoms with E-state index in [-0.39, 0.29) is 4.90 Å². The Morgan fingerprint density at radius 3 is 2.40 bits per heavy atom. The van der Waals surface area contributed by atoms with Crippen molar-refractivity contribution in [1.29, 1.82) is 0 Å². The van der Waals surface area contributed by atoms with E-state index in [1.54, 1.807) is 23.5 Å². The van der Waals surface area contributed by atoms with Crippen molar-refractivity contribution < 1.29 is 8.42 Å². The SMILES string of the molecule is Cc1sc(CNCc2ccc(S(N)(=O)=O)cc2)cc1Br. The summed E-state index contributed by atoms with van der Waals surface area (Å²) in [5.74, 6) is 0. The molecule has 0 atom stereocenters. The fourth-order valence-corrected chi connectivity index (χ4v) is 3.82. The Morgan fingerprint density at radius 2 is 1.90 bits per heavy atom. The molecule has 1 aromatic heterocycles. The summed E-state index contributed by atoms with van der Waals surface area (Å²) in [5.41, 5.74) is 1.02. The van der Waals surface area contributed by atoms with Crippen LogP contribution >= 0.6 is 27.3 Å². The molecule has 0 amide bonds. The minimum atomic E-state index is -3.61. The average molecular weight is 375 g/mol. The minimum Gasteiger partial charge on any atom is -0.308 e. The van der Waals surface area contributed by atoms with E-state index in [9.17, 15) is 8.42 Å². The maximum atomic E-state index is 11.1. The predicted octanol–water partition coefficient (Wildman–Crippen LogP) is 2.76. The van der Waals surface area contributed by atoms with Crippen LogP contribution in [-0.4, -0.2) is 8.42 Å². The first-order chi connectivity index (χ1) is 9.36. The lowest BCUT2D eigenvalue weighted by Gasteiger charge is -2.04. The van der Waals surface area contributed by atoms with E-state index in [1.807, 2.05) is 0 Å². The number of hydrogen-bond donors (Lipinski definition) is 2. The zero-order valence-corrected chi connectivity index (χ0v) is 14.1. The molecule has 0 radical (unpaired) electrons. The standard InChI is InChI=1S/C13H15BrN2O2S2/c1-9-13(14)6-11(19-9)8-16-7-10-2-4-12(5-3-10)20(15,17)18/h2-6,16H,7-8H2,1H3,(H2,15,17,18). The van der Waals surface area contributed by atoms with Gasteiger partial charge in [0.15, 0.2) is 0 Å². The highest BCUT2D eigenvalue weighted by Crippen LogP contribution is 2.26. The first kappa shape index (κ1) is 15.7. The van der Waals surface area contributed by atoms with Gasteiger partial charge in [-0.3, -0.25) is 0 Å². The summed E-state index contributed by atoms with van der Waals surface area (Å²) in [4.78, 5) is 2.66. The lowest BCUT2D eigenvalue weighted by Crippen LogP contribution is -2.13. The van der Waals surface area contributed by atoms with Crippen molar-refractivity contribution in [2.24, 2.45) is 5.14 Å². The van der Waals surface area contributed by atoms with Gasteiger partial charge < -0.3 is 5.32 Å². The number of nitrogens with two attached hydrogens (primary N) is 1. The largest absolute Gasteiger partial charge is 0.308 e. The Hall–Kier alpha value is -0.730. The smallest absolute Gasteiger partial charge is 0.238 e. The first-order valence-corrected chi connectivity index (χ1v) is 9.09. The molecule has 2 rings (SSSR count). The first-order valence-electron chi connectivity index (χ1n) is 5.93. The van der Waals surface area contributed by atoms with Gasteiger partial charge in [0.25, 0.3) is 0 Å². The van der Waals surface area contributed by atoms with Crippen molar-refractivity contribution in [2.75, 3.05) is 0 Å². The number of hydrogen-bond acceptors (Lipinski definition) is 4. The van der Waals surface area contributed by atoms with Gasteiger partial charge in [-0.1, -0.05) is 12.1 Å². The molecule has 3 N–H and O–H groups in total. The highest BCUT2D eigenvalue weighted by molar-refractivity contribution is 9.10. The van der Waals surface area contributed by atoms with Crippen LogP contribution in [0.3, 0.4) is 0 Å². The van der Waals surface area contributed by atoms with Gasteiger partial charge >= 0.3 is 0 Å². The third-order valence-corrected chi connectivity index (χ3v) is 5.85. The summed E-state index contributed by atoms with van der Waals surface area (Å²) >= 11 is 5.24. The monoisotopic (exact) mass is 374 g/mol. The molecule has 0 saturated heterocycles. The van der Waals surface area contributed by atoms with Crippen LogP contribution in [0.5, 0.6) is 0 Å². The Kier molecular flexibility index (Phi) is 4.98. The molecule has 108 valence electrons. The predicted molar refractivity (Wildman–Crippen MR) is 85.1 cm³/mol. The Morgan fingerprint density at radius 1 is 1.25 bits per heavy atom. The fraction of sp³-hybridized carbons (Fsp3) is 0.231. The minimum absolute atomic E-state index is 0.138. The van der Waals surface area contributed by atoms with Crippen LogP contribution in [0.2, 0.25) is 0 Å². The van der Waals surface area contributed by atoms with Crippen LogP contribution in [0.15, 0.2) is 39.7 Å². The summed E-state index contributed by atoms with van der Waals surface area (Å²) in [6, 6.07) is 8.69. The Bertz CT molecular complexity index is 674. The molecule has 0 aliphatic rings. The number of nitrogens with one attached hydrogen (secondary N) is 1. The zero-order chi connectivity index (χ0) is 14.8. The van der Waals surface area contributed by atoms with Gasteiger partial charge in [-0.15, -0.1) is 11.3 Å². The van der Waals surface area contributed by atoms with E-state index in [0.717, 1.165) is 16.6 Å². The van der Waals surface area contributed by atoms with Crippen molar-refractivity contribution in [1.82, 2.24) is 5.32 Å². The molecule has 0 unspecified atom stereocenters. The maximum absolute atomic E-state index is 11.1. The fourth-order valence-electron chi connectivity index (χ4n) is 1.73. The second kappa shape index (κ2) is 6.36.